The summed E-state index contributed by atoms with van der Waals surface area (Å²) in [6.07, 6.45) is 2.77. The van der Waals surface area contributed by atoms with E-state index in [1.807, 2.05) is 0 Å². The number of hydrogen-bond acceptors (Lipinski definition) is 5. The smallest absolute Gasteiger partial charge is 0.326 e. The molecule has 1 aliphatic rings. The van der Waals surface area contributed by atoms with E-state index < -0.39 is 30.4 Å². The number of nitrogens with one attached hydrogen (secondary N) is 1. The fourth-order valence-electron chi connectivity index (χ4n) is 2.07. The zero-order valence-electron chi connectivity index (χ0n) is 12.1. The first kappa shape index (κ1) is 17.2. The standard InChI is InChI=1S/C13H22N2O6/c1-21-11(17)8-10(12(18)19)14-13(20)15(6-3-7-16)9-4-2-5-9/h9-10,16H,2-8H2,1H3,(H,14,20)(H,18,19)/t10-/m0/s1. The Morgan fingerprint density at radius 1 is 1.38 bits per heavy atom. The van der Waals surface area contributed by atoms with Gasteiger partial charge in [0.05, 0.1) is 13.5 Å². The molecule has 0 unspecified atom stereocenters. The summed E-state index contributed by atoms with van der Waals surface area (Å²) in [5.74, 6) is -1.99. The number of rotatable bonds is 8. The van der Waals surface area contributed by atoms with E-state index in [4.69, 9.17) is 10.2 Å². The molecule has 1 fully saturated rings. The van der Waals surface area contributed by atoms with Gasteiger partial charge in [-0.25, -0.2) is 9.59 Å². The van der Waals surface area contributed by atoms with Crippen LogP contribution >= 0.6 is 0 Å². The molecule has 8 nitrogen and oxygen atoms in total. The third kappa shape index (κ3) is 5.22. The number of methoxy groups -OCH3 is 1. The van der Waals surface area contributed by atoms with Crippen molar-refractivity contribution >= 4 is 18.0 Å². The number of carbonyl (C=O) groups is 3. The second-order valence-corrected chi connectivity index (χ2v) is 4.98. The topological polar surface area (TPSA) is 116 Å². The van der Waals surface area contributed by atoms with Gasteiger partial charge in [0, 0.05) is 19.2 Å². The summed E-state index contributed by atoms with van der Waals surface area (Å²) in [4.78, 5) is 36.0. The summed E-state index contributed by atoms with van der Waals surface area (Å²) in [7, 11) is 1.16. The Hall–Kier alpha value is -1.83. The van der Waals surface area contributed by atoms with Crippen LogP contribution in [0.25, 0.3) is 0 Å². The third-order valence-electron chi connectivity index (χ3n) is 3.53. The van der Waals surface area contributed by atoms with Crippen molar-refractivity contribution in [2.45, 2.75) is 44.2 Å². The van der Waals surface area contributed by atoms with E-state index in [0.29, 0.717) is 13.0 Å². The first-order chi connectivity index (χ1) is 9.99. The van der Waals surface area contributed by atoms with Crippen LogP contribution in [0.15, 0.2) is 0 Å². The lowest BCUT2D eigenvalue weighted by Crippen LogP contribution is -2.53. The fourth-order valence-corrected chi connectivity index (χ4v) is 2.07. The van der Waals surface area contributed by atoms with Gasteiger partial charge in [-0.2, -0.15) is 0 Å². The minimum atomic E-state index is -1.32. The number of aliphatic carboxylic acids is 1. The molecule has 1 atom stereocenters. The van der Waals surface area contributed by atoms with Crippen molar-refractivity contribution in [3.05, 3.63) is 0 Å². The Kier molecular flexibility index (Phi) is 6.93. The maximum Gasteiger partial charge on any atom is 0.326 e. The fraction of sp³-hybridized carbons (Fsp3) is 0.769. The molecule has 0 aromatic heterocycles. The lowest BCUT2D eigenvalue weighted by atomic mass is 9.91. The molecule has 1 rings (SSSR count). The number of aliphatic hydroxyl groups excluding tert-OH is 1. The van der Waals surface area contributed by atoms with Crippen LogP contribution in [0.1, 0.15) is 32.1 Å². The molecule has 0 aromatic rings. The van der Waals surface area contributed by atoms with E-state index in [-0.39, 0.29) is 12.6 Å². The Bertz CT molecular complexity index is 383. The maximum atomic E-state index is 12.2. The molecule has 0 spiro atoms. The molecule has 0 aliphatic heterocycles. The van der Waals surface area contributed by atoms with Crippen LogP contribution in [0.5, 0.6) is 0 Å². The van der Waals surface area contributed by atoms with Crippen LogP contribution in [0.3, 0.4) is 0 Å². The van der Waals surface area contributed by atoms with E-state index in [2.05, 4.69) is 10.1 Å². The van der Waals surface area contributed by atoms with Crippen LogP contribution in [0.4, 0.5) is 4.79 Å². The van der Waals surface area contributed by atoms with Gasteiger partial charge >= 0.3 is 18.0 Å². The van der Waals surface area contributed by atoms with Gasteiger partial charge in [-0.3, -0.25) is 4.79 Å². The summed E-state index contributed by atoms with van der Waals surface area (Å²) in [6, 6.07) is -1.77. The molecule has 120 valence electrons. The number of carboxylic acid groups (broad SMARTS) is 1. The molecule has 3 N–H and O–H groups in total. The Balaban J connectivity index is 2.63. The van der Waals surface area contributed by atoms with Crippen molar-refractivity contribution in [1.29, 1.82) is 0 Å². The minimum absolute atomic E-state index is 0.0407. The van der Waals surface area contributed by atoms with E-state index in [1.165, 1.54) is 4.90 Å². The Morgan fingerprint density at radius 2 is 2.05 bits per heavy atom. The van der Waals surface area contributed by atoms with E-state index in [1.54, 1.807) is 0 Å². The van der Waals surface area contributed by atoms with Gasteiger partial charge < -0.3 is 25.2 Å². The number of hydrogen-bond donors (Lipinski definition) is 3. The molecule has 0 radical (unpaired) electrons. The normalized spacial score (nSPS) is 15.7. The van der Waals surface area contributed by atoms with Gasteiger partial charge in [-0.05, 0) is 25.7 Å². The zero-order valence-corrected chi connectivity index (χ0v) is 12.1. The van der Waals surface area contributed by atoms with Crippen molar-refractivity contribution in [2.24, 2.45) is 0 Å². The number of ether oxygens (including phenoxy) is 1. The molecule has 0 heterocycles. The largest absolute Gasteiger partial charge is 0.480 e. The lowest BCUT2D eigenvalue weighted by molar-refractivity contribution is -0.147. The minimum Gasteiger partial charge on any atom is -0.480 e. The zero-order chi connectivity index (χ0) is 15.8. The van der Waals surface area contributed by atoms with Crippen molar-refractivity contribution in [3.8, 4) is 0 Å². The molecule has 0 aromatic carbocycles. The van der Waals surface area contributed by atoms with Gasteiger partial charge in [-0.15, -0.1) is 0 Å². The van der Waals surface area contributed by atoms with Crippen LogP contribution in [0, 0.1) is 0 Å². The van der Waals surface area contributed by atoms with Crippen LogP contribution in [-0.2, 0) is 14.3 Å². The Morgan fingerprint density at radius 3 is 2.48 bits per heavy atom. The maximum absolute atomic E-state index is 12.2. The van der Waals surface area contributed by atoms with E-state index >= 15 is 0 Å². The monoisotopic (exact) mass is 302 g/mol. The van der Waals surface area contributed by atoms with Gasteiger partial charge in [0.2, 0.25) is 0 Å². The average Bonchev–Trinajstić information content (AvgIpc) is 2.39. The quantitative estimate of drug-likeness (QED) is 0.541. The highest BCUT2D eigenvalue weighted by Crippen LogP contribution is 2.25. The van der Waals surface area contributed by atoms with Crippen LogP contribution in [0.2, 0.25) is 0 Å². The predicted octanol–water partition coefficient (Wildman–Crippen LogP) is -0.0508. The molecule has 1 aliphatic carbocycles. The second-order valence-electron chi connectivity index (χ2n) is 4.98. The van der Waals surface area contributed by atoms with E-state index in [9.17, 15) is 14.4 Å². The molecular weight excluding hydrogens is 280 g/mol. The van der Waals surface area contributed by atoms with Gasteiger partial charge in [-0.1, -0.05) is 0 Å². The number of carboxylic acids is 1. The molecular formula is C13H22N2O6. The number of esters is 1. The van der Waals surface area contributed by atoms with Crippen molar-refractivity contribution in [3.63, 3.8) is 0 Å². The molecule has 1 saturated carbocycles. The van der Waals surface area contributed by atoms with Gasteiger partial charge in [0.25, 0.3) is 0 Å². The summed E-state index contributed by atoms with van der Waals surface area (Å²) >= 11 is 0. The molecule has 21 heavy (non-hydrogen) atoms. The highest BCUT2D eigenvalue weighted by molar-refractivity contribution is 5.86. The lowest BCUT2D eigenvalue weighted by Gasteiger charge is -2.38. The molecule has 0 saturated heterocycles. The van der Waals surface area contributed by atoms with Crippen LogP contribution in [-0.4, -0.2) is 65.4 Å². The van der Waals surface area contributed by atoms with Crippen molar-refractivity contribution < 1.29 is 29.3 Å². The van der Waals surface area contributed by atoms with Crippen LogP contribution < -0.4 is 5.32 Å². The van der Waals surface area contributed by atoms with E-state index in [0.717, 1.165) is 26.4 Å². The SMILES string of the molecule is COC(=O)C[C@H](NC(=O)N(CCCO)C1CCC1)C(=O)O. The Labute approximate surface area is 123 Å². The second kappa shape index (κ2) is 8.46. The third-order valence-corrected chi connectivity index (χ3v) is 3.53. The molecule has 2 amide bonds. The molecule has 0 bridgehead atoms. The van der Waals surface area contributed by atoms with Gasteiger partial charge in [0.1, 0.15) is 6.04 Å². The summed E-state index contributed by atoms with van der Waals surface area (Å²) in [5.41, 5.74) is 0. The number of amides is 2. The predicted molar refractivity (Wildman–Crippen MR) is 72.6 cm³/mol. The number of nitrogens with zero attached hydrogens (tertiary/aromatic N) is 1. The van der Waals surface area contributed by atoms with Crippen molar-refractivity contribution in [2.75, 3.05) is 20.3 Å². The highest BCUT2D eigenvalue weighted by atomic mass is 16.5. The summed E-state index contributed by atoms with van der Waals surface area (Å²) < 4.78 is 4.42. The summed E-state index contributed by atoms with van der Waals surface area (Å²) in [6.45, 7) is 0.318. The molecule has 8 heteroatoms. The number of urea groups is 1. The first-order valence-electron chi connectivity index (χ1n) is 6.97. The summed E-state index contributed by atoms with van der Waals surface area (Å²) in [5, 5.41) is 20.3. The highest BCUT2D eigenvalue weighted by Gasteiger charge is 2.31. The number of carbonyl (C=O) groups excluding carboxylic acids is 2. The van der Waals surface area contributed by atoms with Gasteiger partial charge in [0.15, 0.2) is 0 Å². The number of aliphatic hydroxyl groups is 1. The first-order valence-corrected chi connectivity index (χ1v) is 6.97. The van der Waals surface area contributed by atoms with Crippen molar-refractivity contribution in [1.82, 2.24) is 10.2 Å². The average molecular weight is 302 g/mol.